The van der Waals surface area contributed by atoms with Crippen LogP contribution in [0.3, 0.4) is 0 Å². The quantitative estimate of drug-likeness (QED) is 0.473. The molecule has 0 aliphatic rings. The highest BCUT2D eigenvalue weighted by atomic mass is 16.5. The van der Waals surface area contributed by atoms with Crippen LogP contribution in [0.2, 0.25) is 0 Å². The highest BCUT2D eigenvalue weighted by molar-refractivity contribution is 4.35. The van der Waals surface area contributed by atoms with Crippen LogP contribution in [-0.4, -0.2) is 65.1 Å². The second-order valence-electron chi connectivity index (χ2n) is 2.91. The van der Waals surface area contributed by atoms with E-state index in [0.29, 0.717) is 39.6 Å². The summed E-state index contributed by atoms with van der Waals surface area (Å²) in [6.07, 6.45) is 0.913. The first kappa shape index (κ1) is 14.8. The summed E-state index contributed by atoms with van der Waals surface area (Å²) in [6, 6.07) is 0. The van der Waals surface area contributed by atoms with E-state index in [1.807, 2.05) is 0 Å². The molecule has 1 N–H and O–H groups in total. The minimum absolute atomic E-state index is 0.0581. The van der Waals surface area contributed by atoms with E-state index >= 15 is 0 Å². The van der Waals surface area contributed by atoms with Gasteiger partial charge in [0.15, 0.2) is 0 Å². The van der Waals surface area contributed by atoms with Crippen molar-refractivity contribution in [3.05, 3.63) is 0 Å². The SMILES string of the molecule is COCCCOCCOCCOCCO. The monoisotopic (exact) mass is 222 g/mol. The molecule has 0 heterocycles. The first-order chi connectivity index (χ1) is 7.41. The van der Waals surface area contributed by atoms with E-state index in [1.165, 1.54) is 0 Å². The highest BCUT2D eigenvalue weighted by Crippen LogP contribution is 1.84. The number of aliphatic hydroxyl groups excluding tert-OH is 1. The van der Waals surface area contributed by atoms with E-state index in [4.69, 9.17) is 24.1 Å². The summed E-state index contributed by atoms with van der Waals surface area (Å²) >= 11 is 0. The maximum absolute atomic E-state index is 8.41. The average Bonchev–Trinajstić information content (AvgIpc) is 2.26. The maximum Gasteiger partial charge on any atom is 0.0701 e. The smallest absolute Gasteiger partial charge is 0.0701 e. The second-order valence-corrected chi connectivity index (χ2v) is 2.91. The molecule has 0 aromatic heterocycles. The van der Waals surface area contributed by atoms with Gasteiger partial charge in [0.1, 0.15) is 0 Å². The Morgan fingerprint density at radius 3 is 1.80 bits per heavy atom. The zero-order valence-electron chi connectivity index (χ0n) is 9.44. The number of ether oxygens (including phenoxy) is 4. The van der Waals surface area contributed by atoms with E-state index in [0.717, 1.165) is 13.0 Å². The lowest BCUT2D eigenvalue weighted by molar-refractivity contribution is 0.00522. The van der Waals surface area contributed by atoms with Gasteiger partial charge >= 0.3 is 0 Å². The van der Waals surface area contributed by atoms with Crippen LogP contribution in [0.25, 0.3) is 0 Å². The van der Waals surface area contributed by atoms with Gasteiger partial charge in [-0.15, -0.1) is 0 Å². The third-order valence-corrected chi connectivity index (χ3v) is 1.62. The van der Waals surface area contributed by atoms with Gasteiger partial charge < -0.3 is 24.1 Å². The molecule has 92 valence electrons. The van der Waals surface area contributed by atoms with Crippen molar-refractivity contribution in [3.63, 3.8) is 0 Å². The highest BCUT2D eigenvalue weighted by Gasteiger charge is 1.91. The summed E-state index contributed by atoms with van der Waals surface area (Å²) in [6.45, 7) is 4.11. The molecule has 5 heteroatoms. The van der Waals surface area contributed by atoms with Crippen molar-refractivity contribution in [2.75, 3.05) is 60.0 Å². The number of rotatable bonds is 12. The molecule has 0 rings (SSSR count). The molecule has 5 nitrogen and oxygen atoms in total. The zero-order valence-corrected chi connectivity index (χ0v) is 9.44. The second kappa shape index (κ2) is 13.8. The van der Waals surface area contributed by atoms with Gasteiger partial charge in [0, 0.05) is 20.3 Å². The Labute approximate surface area is 91.3 Å². The molecule has 0 amide bonds. The van der Waals surface area contributed by atoms with Crippen LogP contribution in [0, 0.1) is 0 Å². The summed E-state index contributed by atoms with van der Waals surface area (Å²) in [5.74, 6) is 0. The van der Waals surface area contributed by atoms with Crippen LogP contribution in [0.15, 0.2) is 0 Å². The third-order valence-electron chi connectivity index (χ3n) is 1.62. The first-order valence-corrected chi connectivity index (χ1v) is 5.25. The molecule has 0 atom stereocenters. The van der Waals surface area contributed by atoms with Crippen molar-refractivity contribution in [3.8, 4) is 0 Å². The molecule has 0 bridgehead atoms. The van der Waals surface area contributed by atoms with Crippen molar-refractivity contribution in [1.82, 2.24) is 0 Å². The average molecular weight is 222 g/mol. The van der Waals surface area contributed by atoms with Gasteiger partial charge in [-0.25, -0.2) is 0 Å². The van der Waals surface area contributed by atoms with Crippen molar-refractivity contribution >= 4 is 0 Å². The molecule has 0 radical (unpaired) electrons. The van der Waals surface area contributed by atoms with Crippen molar-refractivity contribution in [1.29, 1.82) is 0 Å². The molecule has 0 spiro atoms. The Morgan fingerprint density at radius 2 is 1.27 bits per heavy atom. The summed E-state index contributed by atoms with van der Waals surface area (Å²) in [5.41, 5.74) is 0. The normalized spacial score (nSPS) is 10.8. The van der Waals surface area contributed by atoms with Crippen LogP contribution in [0.1, 0.15) is 6.42 Å². The predicted octanol–water partition coefficient (Wildman–Crippen LogP) is 0.0650. The fraction of sp³-hybridized carbons (Fsp3) is 1.00. The van der Waals surface area contributed by atoms with Crippen molar-refractivity contribution < 1.29 is 24.1 Å². The molecule has 0 aliphatic carbocycles. The number of hydrogen-bond donors (Lipinski definition) is 1. The minimum atomic E-state index is 0.0581. The van der Waals surface area contributed by atoms with E-state index in [-0.39, 0.29) is 6.61 Å². The number of methoxy groups -OCH3 is 1. The molecular weight excluding hydrogens is 200 g/mol. The molecule has 0 unspecified atom stereocenters. The Bertz CT molecular complexity index is 98.0. The Balaban J connectivity index is 2.81. The lowest BCUT2D eigenvalue weighted by Crippen LogP contribution is -2.11. The third kappa shape index (κ3) is 13.8. The van der Waals surface area contributed by atoms with E-state index in [9.17, 15) is 0 Å². The van der Waals surface area contributed by atoms with Gasteiger partial charge in [-0.1, -0.05) is 0 Å². The van der Waals surface area contributed by atoms with Gasteiger partial charge in [0.05, 0.1) is 39.6 Å². The van der Waals surface area contributed by atoms with E-state index in [2.05, 4.69) is 0 Å². The van der Waals surface area contributed by atoms with Crippen LogP contribution in [-0.2, 0) is 18.9 Å². The Hall–Kier alpha value is -0.200. The first-order valence-electron chi connectivity index (χ1n) is 5.25. The number of aliphatic hydroxyl groups is 1. The van der Waals surface area contributed by atoms with Crippen LogP contribution in [0.4, 0.5) is 0 Å². The van der Waals surface area contributed by atoms with Gasteiger partial charge in [-0.2, -0.15) is 0 Å². The largest absolute Gasteiger partial charge is 0.394 e. The standard InChI is InChI=1S/C10H22O5/c1-12-4-2-5-13-7-9-15-10-8-14-6-3-11/h11H,2-10H2,1H3. The van der Waals surface area contributed by atoms with Crippen LogP contribution in [0.5, 0.6) is 0 Å². The van der Waals surface area contributed by atoms with Crippen molar-refractivity contribution in [2.24, 2.45) is 0 Å². The van der Waals surface area contributed by atoms with Gasteiger partial charge in [-0.3, -0.25) is 0 Å². The summed E-state index contributed by atoms with van der Waals surface area (Å²) in [4.78, 5) is 0. The topological polar surface area (TPSA) is 57.2 Å². The van der Waals surface area contributed by atoms with Gasteiger partial charge in [0.25, 0.3) is 0 Å². The van der Waals surface area contributed by atoms with Gasteiger partial charge in [-0.05, 0) is 6.42 Å². The van der Waals surface area contributed by atoms with E-state index < -0.39 is 0 Å². The minimum Gasteiger partial charge on any atom is -0.394 e. The molecule has 0 aromatic rings. The molecular formula is C10H22O5. The summed E-state index contributed by atoms with van der Waals surface area (Å²) in [7, 11) is 1.68. The fourth-order valence-corrected chi connectivity index (χ4v) is 0.912. The van der Waals surface area contributed by atoms with Crippen molar-refractivity contribution in [2.45, 2.75) is 6.42 Å². The molecule has 0 fully saturated rings. The summed E-state index contributed by atoms with van der Waals surface area (Å²) < 4.78 is 20.4. The Kier molecular flexibility index (Phi) is 13.6. The van der Waals surface area contributed by atoms with Gasteiger partial charge in [0.2, 0.25) is 0 Å². The van der Waals surface area contributed by atoms with Crippen LogP contribution < -0.4 is 0 Å². The van der Waals surface area contributed by atoms with Crippen LogP contribution >= 0.6 is 0 Å². The lowest BCUT2D eigenvalue weighted by Gasteiger charge is -2.05. The molecule has 0 saturated carbocycles. The Morgan fingerprint density at radius 1 is 0.733 bits per heavy atom. The summed E-state index contributed by atoms with van der Waals surface area (Å²) in [5, 5.41) is 8.41. The molecule has 0 aromatic carbocycles. The lowest BCUT2D eigenvalue weighted by atomic mass is 10.5. The van der Waals surface area contributed by atoms with E-state index in [1.54, 1.807) is 7.11 Å². The molecule has 0 aliphatic heterocycles. The maximum atomic E-state index is 8.41. The fourth-order valence-electron chi connectivity index (χ4n) is 0.912. The molecule has 0 saturated heterocycles. The number of hydrogen-bond acceptors (Lipinski definition) is 5. The predicted molar refractivity (Wildman–Crippen MR) is 56.0 cm³/mol. The molecule has 15 heavy (non-hydrogen) atoms. The zero-order chi connectivity index (χ0) is 11.2.